The highest BCUT2D eigenvalue weighted by Gasteiger charge is 2.45. The van der Waals surface area contributed by atoms with E-state index in [4.69, 9.17) is 5.53 Å². The number of nitrogens with zero attached hydrogens (tertiary/aromatic N) is 1. The molecule has 0 radical (unpaired) electrons. The second-order valence-corrected chi connectivity index (χ2v) is 4.89. The molecule has 2 N–H and O–H groups in total. The summed E-state index contributed by atoms with van der Waals surface area (Å²) in [6.07, 6.45) is -4.58. The number of hydrogen-bond donors (Lipinski definition) is 2. The number of nitrogens with one attached hydrogen (secondary N) is 2. The highest BCUT2D eigenvalue weighted by atomic mass is 19.4. The number of anilines is 1. The van der Waals surface area contributed by atoms with Crippen LogP contribution in [0.1, 0.15) is 19.4 Å². The van der Waals surface area contributed by atoms with E-state index in [1.807, 2.05) is 0 Å². The van der Waals surface area contributed by atoms with E-state index in [1.165, 1.54) is 26.0 Å². The van der Waals surface area contributed by atoms with Gasteiger partial charge in [0.2, 0.25) is 0 Å². The van der Waals surface area contributed by atoms with Crippen LogP contribution in [0.3, 0.4) is 0 Å². The molecule has 1 rings (SSSR count). The number of aryl methyl sites for hydroxylation is 1. The number of halogens is 4. The Morgan fingerprint density at radius 2 is 1.85 bits per heavy atom. The molecule has 0 amide bonds. The molecular formula is C13H17F4N3. The number of alkyl halides is 3. The van der Waals surface area contributed by atoms with Gasteiger partial charge in [0.1, 0.15) is 5.82 Å². The number of rotatable bonds is 5. The van der Waals surface area contributed by atoms with Crippen LogP contribution in [-0.4, -0.2) is 18.3 Å². The summed E-state index contributed by atoms with van der Waals surface area (Å²) in [4.78, 5) is 0. The molecule has 0 heterocycles. The van der Waals surface area contributed by atoms with Crippen molar-refractivity contribution < 1.29 is 17.6 Å². The van der Waals surface area contributed by atoms with Crippen molar-refractivity contribution in [3.05, 3.63) is 29.6 Å². The van der Waals surface area contributed by atoms with Gasteiger partial charge in [-0.15, -0.1) is 0 Å². The summed E-state index contributed by atoms with van der Waals surface area (Å²) in [6, 6.07) is 1.66. The van der Waals surface area contributed by atoms with Crippen LogP contribution in [0.15, 0.2) is 23.3 Å². The minimum absolute atomic E-state index is 0.140. The fourth-order valence-electron chi connectivity index (χ4n) is 1.88. The van der Waals surface area contributed by atoms with Crippen LogP contribution in [0, 0.1) is 24.2 Å². The molecule has 3 nitrogen and oxygen atoms in total. The van der Waals surface area contributed by atoms with E-state index in [1.54, 1.807) is 13.0 Å². The molecule has 0 saturated heterocycles. The Bertz CT molecular complexity index is 473. The summed E-state index contributed by atoms with van der Waals surface area (Å²) >= 11 is 0. The maximum atomic E-state index is 13.6. The van der Waals surface area contributed by atoms with Crippen LogP contribution in [0.25, 0.3) is 0 Å². The van der Waals surface area contributed by atoms with E-state index in [2.05, 4.69) is 10.4 Å². The lowest BCUT2D eigenvalue weighted by molar-refractivity contribution is -0.159. The summed E-state index contributed by atoms with van der Waals surface area (Å²) in [5.74, 6) is -1.51. The predicted octanol–water partition coefficient (Wildman–Crippen LogP) is 4.53. The molecule has 0 aromatic heterocycles. The van der Waals surface area contributed by atoms with Crippen molar-refractivity contribution in [3.8, 4) is 0 Å². The monoisotopic (exact) mass is 291 g/mol. The molecule has 0 aliphatic rings. The average molecular weight is 291 g/mol. The van der Waals surface area contributed by atoms with E-state index >= 15 is 0 Å². The molecule has 0 saturated carbocycles. The summed E-state index contributed by atoms with van der Waals surface area (Å²) in [5.41, 5.74) is 7.56. The van der Waals surface area contributed by atoms with Crippen LogP contribution in [-0.2, 0) is 0 Å². The standard InChI is InChI=1S/C13H17F4N3/c1-7-4-5-11(10(14)6-7)19-9(3)8(2)12(20-18)13(15,16)17/h4-6,8-9,12,18-19H,1-3H3. The van der Waals surface area contributed by atoms with Gasteiger partial charge in [-0.1, -0.05) is 13.0 Å². The first-order chi connectivity index (χ1) is 9.16. The van der Waals surface area contributed by atoms with Crippen molar-refractivity contribution in [2.45, 2.75) is 39.0 Å². The molecule has 1 aromatic rings. The molecule has 0 fully saturated rings. The lowest BCUT2D eigenvalue weighted by atomic mass is 9.94. The first kappa shape index (κ1) is 16.4. The van der Waals surface area contributed by atoms with Crippen LogP contribution in [0.5, 0.6) is 0 Å². The Morgan fingerprint density at radius 1 is 1.25 bits per heavy atom. The topological polar surface area (TPSA) is 48.2 Å². The van der Waals surface area contributed by atoms with Gasteiger partial charge in [0.15, 0.2) is 6.04 Å². The Hall–Kier alpha value is -1.66. The van der Waals surface area contributed by atoms with E-state index in [0.717, 1.165) is 5.56 Å². The minimum Gasteiger partial charge on any atom is -0.380 e. The maximum Gasteiger partial charge on any atom is 0.412 e. The Morgan fingerprint density at radius 3 is 2.30 bits per heavy atom. The van der Waals surface area contributed by atoms with E-state index in [0.29, 0.717) is 0 Å². The third-order valence-corrected chi connectivity index (χ3v) is 3.27. The first-order valence-corrected chi connectivity index (χ1v) is 6.12. The zero-order valence-electron chi connectivity index (χ0n) is 11.4. The molecule has 1 aromatic carbocycles. The van der Waals surface area contributed by atoms with Crippen molar-refractivity contribution in [3.63, 3.8) is 0 Å². The van der Waals surface area contributed by atoms with Gasteiger partial charge in [0.05, 0.1) is 5.69 Å². The van der Waals surface area contributed by atoms with Gasteiger partial charge in [-0.3, -0.25) is 0 Å². The van der Waals surface area contributed by atoms with Gasteiger partial charge in [0, 0.05) is 12.0 Å². The van der Waals surface area contributed by atoms with Crippen molar-refractivity contribution in [2.75, 3.05) is 5.32 Å². The van der Waals surface area contributed by atoms with E-state index < -0.39 is 30.0 Å². The minimum atomic E-state index is -4.58. The molecule has 20 heavy (non-hydrogen) atoms. The van der Waals surface area contributed by atoms with Crippen LogP contribution < -0.4 is 5.32 Å². The fraction of sp³-hybridized carbons (Fsp3) is 0.538. The highest BCUT2D eigenvalue weighted by Crippen LogP contribution is 2.31. The first-order valence-electron chi connectivity index (χ1n) is 6.12. The van der Waals surface area contributed by atoms with Gasteiger partial charge in [-0.2, -0.15) is 18.3 Å². The number of benzene rings is 1. The predicted molar refractivity (Wildman–Crippen MR) is 68.4 cm³/mol. The summed E-state index contributed by atoms with van der Waals surface area (Å²) < 4.78 is 51.7. The molecule has 0 bridgehead atoms. The maximum absolute atomic E-state index is 13.6. The molecule has 0 spiro atoms. The van der Waals surface area contributed by atoms with Crippen molar-refractivity contribution in [1.82, 2.24) is 0 Å². The number of hydrogen-bond acceptors (Lipinski definition) is 3. The van der Waals surface area contributed by atoms with Gasteiger partial charge >= 0.3 is 6.18 Å². The van der Waals surface area contributed by atoms with Crippen molar-refractivity contribution >= 4 is 5.69 Å². The van der Waals surface area contributed by atoms with E-state index in [-0.39, 0.29) is 5.69 Å². The average Bonchev–Trinajstić information content (AvgIpc) is 2.31. The summed E-state index contributed by atoms with van der Waals surface area (Å²) in [6.45, 7) is 4.56. The highest BCUT2D eigenvalue weighted by molar-refractivity contribution is 5.47. The zero-order valence-corrected chi connectivity index (χ0v) is 11.4. The second kappa shape index (κ2) is 6.19. The normalized spacial score (nSPS) is 16.4. The van der Waals surface area contributed by atoms with Crippen LogP contribution in [0.4, 0.5) is 23.2 Å². The van der Waals surface area contributed by atoms with Gasteiger partial charge in [-0.05, 0) is 31.5 Å². The smallest absolute Gasteiger partial charge is 0.380 e. The van der Waals surface area contributed by atoms with Crippen LogP contribution >= 0.6 is 0 Å². The molecule has 7 heteroatoms. The molecule has 0 aliphatic carbocycles. The quantitative estimate of drug-likeness (QED) is 0.607. The second-order valence-electron chi connectivity index (χ2n) is 4.89. The molecule has 112 valence electrons. The van der Waals surface area contributed by atoms with Crippen molar-refractivity contribution in [1.29, 1.82) is 5.53 Å². The lowest BCUT2D eigenvalue weighted by Gasteiger charge is -2.28. The fourth-order valence-corrected chi connectivity index (χ4v) is 1.88. The largest absolute Gasteiger partial charge is 0.412 e. The SMILES string of the molecule is Cc1ccc(NC(C)C(C)C(N=N)C(F)(F)F)c(F)c1. The third kappa shape index (κ3) is 3.91. The van der Waals surface area contributed by atoms with Gasteiger partial charge < -0.3 is 5.32 Å². The van der Waals surface area contributed by atoms with Gasteiger partial charge in [0.25, 0.3) is 0 Å². The molecule has 0 aliphatic heterocycles. The molecule has 3 atom stereocenters. The lowest BCUT2D eigenvalue weighted by Crippen LogP contribution is -2.40. The Kier molecular flexibility index (Phi) is 5.08. The Labute approximate surface area is 114 Å². The molecule has 3 unspecified atom stereocenters. The summed E-state index contributed by atoms with van der Waals surface area (Å²) in [5, 5.41) is 5.36. The Balaban J connectivity index is 2.84. The third-order valence-electron chi connectivity index (χ3n) is 3.27. The van der Waals surface area contributed by atoms with E-state index in [9.17, 15) is 17.6 Å². The van der Waals surface area contributed by atoms with Gasteiger partial charge in [-0.25, -0.2) is 9.92 Å². The van der Waals surface area contributed by atoms with Crippen molar-refractivity contribution in [2.24, 2.45) is 11.0 Å². The zero-order chi connectivity index (χ0) is 15.5. The molecular weight excluding hydrogens is 274 g/mol. The summed E-state index contributed by atoms with van der Waals surface area (Å²) in [7, 11) is 0. The van der Waals surface area contributed by atoms with Crippen LogP contribution in [0.2, 0.25) is 0 Å².